The van der Waals surface area contributed by atoms with Crippen LogP contribution in [0.3, 0.4) is 0 Å². The van der Waals surface area contributed by atoms with E-state index in [9.17, 15) is 0 Å². The van der Waals surface area contributed by atoms with Crippen molar-refractivity contribution in [1.82, 2.24) is 10.3 Å². The number of methoxy groups -OCH3 is 2. The number of rotatable bonds is 10. The number of hydrogen-bond donors (Lipinski definition) is 1. The smallest absolute Gasteiger partial charge is 0.161 e. The third kappa shape index (κ3) is 5.81. The van der Waals surface area contributed by atoms with Gasteiger partial charge in [0.25, 0.3) is 0 Å². The third-order valence-corrected chi connectivity index (χ3v) is 4.34. The first kappa shape index (κ1) is 19.9. The zero-order valence-corrected chi connectivity index (χ0v) is 16.4. The molecule has 0 radical (unpaired) electrons. The largest absolute Gasteiger partial charge is 0.493 e. The lowest BCUT2D eigenvalue weighted by Crippen LogP contribution is -2.13. The normalized spacial score (nSPS) is 10.6. The highest BCUT2D eigenvalue weighted by molar-refractivity contribution is 5.43. The summed E-state index contributed by atoms with van der Waals surface area (Å²) < 4.78 is 16.5. The summed E-state index contributed by atoms with van der Waals surface area (Å²) >= 11 is 0. The minimum absolute atomic E-state index is 0.453. The van der Waals surface area contributed by atoms with Crippen molar-refractivity contribution in [3.63, 3.8) is 0 Å². The van der Waals surface area contributed by atoms with E-state index in [4.69, 9.17) is 14.2 Å². The van der Waals surface area contributed by atoms with Crippen molar-refractivity contribution in [2.45, 2.75) is 26.3 Å². The number of nitrogens with zero attached hydrogens (tertiary/aromatic N) is 1. The number of pyridine rings is 1. The first-order chi connectivity index (χ1) is 13.8. The Hall–Kier alpha value is -2.89. The SMILES string of the molecule is COCc1ccc(CNCc2ccc(OC)c(OCc3cccnc3)c2)cc1. The maximum atomic E-state index is 5.95. The van der Waals surface area contributed by atoms with Gasteiger partial charge in [0.2, 0.25) is 0 Å². The number of aromatic nitrogens is 1. The lowest BCUT2D eigenvalue weighted by molar-refractivity contribution is 0.185. The summed E-state index contributed by atoms with van der Waals surface area (Å²) in [5, 5.41) is 3.47. The Morgan fingerprint density at radius 1 is 0.786 bits per heavy atom. The van der Waals surface area contributed by atoms with Crippen molar-refractivity contribution >= 4 is 0 Å². The van der Waals surface area contributed by atoms with Crippen molar-refractivity contribution in [2.24, 2.45) is 0 Å². The number of hydrogen-bond acceptors (Lipinski definition) is 5. The van der Waals surface area contributed by atoms with Crippen LogP contribution in [0.2, 0.25) is 0 Å². The van der Waals surface area contributed by atoms with Gasteiger partial charge in [-0.05, 0) is 34.9 Å². The highest BCUT2D eigenvalue weighted by atomic mass is 16.5. The van der Waals surface area contributed by atoms with Gasteiger partial charge in [-0.25, -0.2) is 0 Å². The molecule has 0 atom stereocenters. The van der Waals surface area contributed by atoms with Crippen LogP contribution >= 0.6 is 0 Å². The van der Waals surface area contributed by atoms with Crippen LogP contribution in [0.15, 0.2) is 67.0 Å². The topological polar surface area (TPSA) is 52.6 Å². The van der Waals surface area contributed by atoms with Gasteiger partial charge in [-0.3, -0.25) is 4.98 Å². The molecule has 0 amide bonds. The Morgan fingerprint density at radius 3 is 2.25 bits per heavy atom. The van der Waals surface area contributed by atoms with Crippen LogP contribution in [-0.2, 0) is 31.0 Å². The molecule has 5 nitrogen and oxygen atoms in total. The van der Waals surface area contributed by atoms with Gasteiger partial charge in [-0.2, -0.15) is 0 Å². The summed E-state index contributed by atoms with van der Waals surface area (Å²) in [6.07, 6.45) is 3.55. The van der Waals surface area contributed by atoms with Crippen molar-refractivity contribution in [1.29, 1.82) is 0 Å². The Labute approximate surface area is 166 Å². The second-order valence-corrected chi connectivity index (χ2v) is 6.49. The predicted molar refractivity (Wildman–Crippen MR) is 109 cm³/mol. The maximum absolute atomic E-state index is 5.95. The van der Waals surface area contributed by atoms with Gasteiger partial charge in [-0.15, -0.1) is 0 Å². The van der Waals surface area contributed by atoms with Gasteiger partial charge in [0, 0.05) is 38.2 Å². The molecule has 28 heavy (non-hydrogen) atoms. The van der Waals surface area contributed by atoms with Crippen molar-refractivity contribution in [3.05, 3.63) is 89.2 Å². The molecule has 1 heterocycles. The third-order valence-electron chi connectivity index (χ3n) is 4.34. The lowest BCUT2D eigenvalue weighted by atomic mass is 10.1. The van der Waals surface area contributed by atoms with E-state index in [-0.39, 0.29) is 0 Å². The Kier molecular flexibility index (Phi) is 7.41. The zero-order valence-electron chi connectivity index (χ0n) is 16.4. The van der Waals surface area contributed by atoms with Crippen LogP contribution in [-0.4, -0.2) is 19.2 Å². The number of ether oxygens (including phenoxy) is 3. The monoisotopic (exact) mass is 378 g/mol. The second-order valence-electron chi connectivity index (χ2n) is 6.49. The van der Waals surface area contributed by atoms with Crippen LogP contribution in [0.5, 0.6) is 11.5 Å². The number of benzene rings is 2. The summed E-state index contributed by atoms with van der Waals surface area (Å²) in [4.78, 5) is 4.11. The Bertz CT molecular complexity index is 851. The minimum atomic E-state index is 0.453. The van der Waals surface area contributed by atoms with E-state index in [1.165, 1.54) is 11.1 Å². The fourth-order valence-corrected chi connectivity index (χ4v) is 2.86. The predicted octanol–water partition coefficient (Wildman–Crippen LogP) is 4.11. The van der Waals surface area contributed by atoms with E-state index in [1.54, 1.807) is 26.6 Å². The maximum Gasteiger partial charge on any atom is 0.161 e. The fourth-order valence-electron chi connectivity index (χ4n) is 2.86. The van der Waals surface area contributed by atoms with E-state index in [1.807, 2.05) is 30.3 Å². The van der Waals surface area contributed by atoms with Gasteiger partial charge in [-0.1, -0.05) is 36.4 Å². The second kappa shape index (κ2) is 10.4. The van der Waals surface area contributed by atoms with E-state index in [2.05, 4.69) is 34.6 Å². The molecule has 0 aliphatic carbocycles. The van der Waals surface area contributed by atoms with Crippen molar-refractivity contribution in [3.8, 4) is 11.5 Å². The van der Waals surface area contributed by atoms with Gasteiger partial charge in [0.1, 0.15) is 6.61 Å². The minimum Gasteiger partial charge on any atom is -0.493 e. The summed E-state index contributed by atoms with van der Waals surface area (Å²) in [7, 11) is 3.36. The van der Waals surface area contributed by atoms with Crippen LogP contribution in [0.1, 0.15) is 22.3 Å². The molecule has 146 valence electrons. The summed E-state index contributed by atoms with van der Waals surface area (Å²) in [5.74, 6) is 1.45. The molecule has 0 spiro atoms. The van der Waals surface area contributed by atoms with Crippen LogP contribution in [0.4, 0.5) is 0 Å². The molecule has 3 aromatic rings. The summed E-state index contributed by atoms with van der Waals surface area (Å²) in [6.45, 7) is 2.63. The molecule has 0 saturated heterocycles. The molecule has 0 fully saturated rings. The lowest BCUT2D eigenvalue weighted by Gasteiger charge is -2.13. The van der Waals surface area contributed by atoms with Crippen molar-refractivity contribution in [2.75, 3.05) is 14.2 Å². The summed E-state index contributed by atoms with van der Waals surface area (Å²) in [5.41, 5.74) is 4.57. The molecule has 0 unspecified atom stereocenters. The highest BCUT2D eigenvalue weighted by Crippen LogP contribution is 2.28. The molecule has 5 heteroatoms. The van der Waals surface area contributed by atoms with E-state index in [0.29, 0.717) is 13.2 Å². The number of nitrogens with one attached hydrogen (secondary N) is 1. The molecule has 3 rings (SSSR count). The molecule has 1 N–H and O–H groups in total. The molecule has 0 bridgehead atoms. The van der Waals surface area contributed by atoms with Gasteiger partial charge < -0.3 is 19.5 Å². The first-order valence-corrected chi connectivity index (χ1v) is 9.24. The average molecular weight is 378 g/mol. The average Bonchev–Trinajstić information content (AvgIpc) is 2.74. The molecular formula is C23H26N2O3. The van der Waals surface area contributed by atoms with Crippen LogP contribution < -0.4 is 14.8 Å². The van der Waals surface area contributed by atoms with Crippen LogP contribution in [0.25, 0.3) is 0 Å². The zero-order chi connectivity index (χ0) is 19.6. The van der Waals surface area contributed by atoms with E-state index < -0.39 is 0 Å². The Morgan fingerprint density at radius 2 is 1.54 bits per heavy atom. The van der Waals surface area contributed by atoms with Gasteiger partial charge in [0.15, 0.2) is 11.5 Å². The first-order valence-electron chi connectivity index (χ1n) is 9.24. The van der Waals surface area contributed by atoms with Gasteiger partial charge >= 0.3 is 0 Å². The highest BCUT2D eigenvalue weighted by Gasteiger charge is 2.07. The fraction of sp³-hybridized carbons (Fsp3) is 0.261. The van der Waals surface area contributed by atoms with E-state index >= 15 is 0 Å². The molecule has 1 aromatic heterocycles. The quantitative estimate of drug-likeness (QED) is 0.575. The van der Waals surface area contributed by atoms with Crippen molar-refractivity contribution < 1.29 is 14.2 Å². The van der Waals surface area contributed by atoms with Crippen LogP contribution in [0, 0.1) is 0 Å². The Balaban J connectivity index is 1.56. The molecule has 2 aromatic carbocycles. The molecular weight excluding hydrogens is 352 g/mol. The van der Waals surface area contributed by atoms with E-state index in [0.717, 1.165) is 35.7 Å². The summed E-state index contributed by atoms with van der Waals surface area (Å²) in [6, 6.07) is 18.3. The standard InChI is InChI=1S/C23H26N2O3/c1-26-16-19-7-5-18(6-8-19)13-25-14-20-9-10-22(27-2)23(12-20)28-17-21-4-3-11-24-15-21/h3-12,15,25H,13-14,16-17H2,1-2H3. The molecule has 0 aliphatic rings. The molecule has 0 saturated carbocycles. The molecule has 0 aliphatic heterocycles. The van der Waals surface area contributed by atoms with Gasteiger partial charge in [0.05, 0.1) is 13.7 Å².